The second kappa shape index (κ2) is 8.14. The maximum Gasteiger partial charge on any atom is 0.337 e. The van der Waals surface area contributed by atoms with Gasteiger partial charge in [0.05, 0.1) is 18.4 Å². The molecule has 0 bridgehead atoms. The van der Waals surface area contributed by atoms with E-state index in [4.69, 9.17) is 0 Å². The lowest BCUT2D eigenvalue weighted by atomic mass is 10.2. The number of carbonyl (C=O) groups excluding carboxylic acids is 2. The highest BCUT2D eigenvalue weighted by atomic mass is 19.1. The van der Waals surface area contributed by atoms with Crippen LogP contribution < -0.4 is 10.9 Å². The Hall–Kier alpha value is -4.41. The van der Waals surface area contributed by atoms with Crippen LogP contribution in [0, 0.1) is 5.82 Å². The molecule has 0 atom stereocenters. The minimum Gasteiger partial charge on any atom is -0.465 e. The van der Waals surface area contributed by atoms with Crippen LogP contribution in [0.2, 0.25) is 0 Å². The van der Waals surface area contributed by atoms with Gasteiger partial charge in [0.25, 0.3) is 5.56 Å². The molecule has 0 aliphatic rings. The van der Waals surface area contributed by atoms with Crippen molar-refractivity contribution in [3.05, 3.63) is 76.6 Å². The zero-order chi connectivity index (χ0) is 22.0. The van der Waals surface area contributed by atoms with Gasteiger partial charge in [-0.3, -0.25) is 14.2 Å². The van der Waals surface area contributed by atoms with E-state index in [-0.39, 0.29) is 17.7 Å². The van der Waals surface area contributed by atoms with Gasteiger partial charge in [-0.15, -0.1) is 5.10 Å². The molecule has 0 fully saturated rings. The molecule has 0 unspecified atom stereocenters. The molecule has 0 spiro atoms. The van der Waals surface area contributed by atoms with E-state index in [2.05, 4.69) is 25.3 Å². The Bertz CT molecular complexity index is 1330. The van der Waals surface area contributed by atoms with Crippen molar-refractivity contribution in [3.63, 3.8) is 0 Å². The number of anilines is 1. The number of ether oxygens (including phenoxy) is 1. The number of rotatable bonds is 5. The van der Waals surface area contributed by atoms with Gasteiger partial charge in [-0.2, -0.15) is 4.68 Å². The zero-order valence-electron chi connectivity index (χ0n) is 16.2. The third-order valence-corrected chi connectivity index (χ3v) is 4.40. The number of esters is 1. The summed E-state index contributed by atoms with van der Waals surface area (Å²) in [4.78, 5) is 40.7. The molecule has 156 valence electrons. The van der Waals surface area contributed by atoms with Crippen LogP contribution in [0.4, 0.5) is 10.1 Å². The van der Waals surface area contributed by atoms with Crippen molar-refractivity contribution >= 4 is 28.7 Å². The van der Waals surface area contributed by atoms with Gasteiger partial charge < -0.3 is 10.1 Å². The van der Waals surface area contributed by atoms with Crippen molar-refractivity contribution in [2.24, 2.45) is 0 Å². The smallest absolute Gasteiger partial charge is 0.337 e. The minimum absolute atomic E-state index is 0.0259. The summed E-state index contributed by atoms with van der Waals surface area (Å²) in [6.45, 7) is -0.302. The lowest BCUT2D eigenvalue weighted by Crippen LogP contribution is -2.28. The van der Waals surface area contributed by atoms with Gasteiger partial charge in [-0.05, 0) is 48.5 Å². The highest BCUT2D eigenvalue weighted by Crippen LogP contribution is 2.13. The predicted molar refractivity (Wildman–Crippen MR) is 107 cm³/mol. The monoisotopic (exact) mass is 422 g/mol. The maximum absolute atomic E-state index is 13.1. The van der Waals surface area contributed by atoms with E-state index in [1.807, 2.05) is 0 Å². The summed E-state index contributed by atoms with van der Waals surface area (Å²) < 4.78 is 20.2. The molecule has 2 aromatic heterocycles. The Morgan fingerprint density at radius 1 is 1.10 bits per heavy atom. The molecular weight excluding hydrogens is 407 g/mol. The molecule has 1 amide bonds. The summed E-state index contributed by atoms with van der Waals surface area (Å²) in [5.41, 5.74) is 0.891. The number of hydrogen-bond donors (Lipinski definition) is 1. The van der Waals surface area contributed by atoms with Gasteiger partial charge in [-0.25, -0.2) is 14.2 Å². The number of amides is 1. The molecule has 0 radical (unpaired) electrons. The molecule has 1 N–H and O–H groups in total. The highest BCUT2D eigenvalue weighted by Gasteiger charge is 2.15. The molecule has 0 aliphatic heterocycles. The van der Waals surface area contributed by atoms with Crippen molar-refractivity contribution in [2.75, 3.05) is 12.4 Å². The predicted octanol–water partition coefficient (Wildman–Crippen LogP) is 1.54. The van der Waals surface area contributed by atoms with E-state index >= 15 is 0 Å². The van der Waals surface area contributed by atoms with Crippen LogP contribution in [-0.2, 0) is 16.1 Å². The van der Waals surface area contributed by atoms with E-state index in [0.29, 0.717) is 16.9 Å². The normalized spacial score (nSPS) is 10.8. The molecule has 4 aromatic rings. The molecule has 0 saturated carbocycles. The average molecular weight is 422 g/mol. The standard InChI is InChI=1S/C20H15FN6O4/c1-31-20(30)12-2-6-14(7-3-12)23-16(28)10-26-11-22-18-17(19(26)29)24-25-27(18)15-8-4-13(21)5-9-15/h2-9,11H,10H2,1H3,(H,23,28). The summed E-state index contributed by atoms with van der Waals surface area (Å²) in [5.74, 6) is -1.37. The van der Waals surface area contributed by atoms with Gasteiger partial charge in [0, 0.05) is 5.69 Å². The number of fused-ring (bicyclic) bond motifs is 1. The Kier molecular flexibility index (Phi) is 5.22. The van der Waals surface area contributed by atoms with Gasteiger partial charge in [0.2, 0.25) is 5.91 Å². The van der Waals surface area contributed by atoms with Crippen LogP contribution in [0.5, 0.6) is 0 Å². The Balaban J connectivity index is 1.53. The first-order valence-corrected chi connectivity index (χ1v) is 9.01. The first kappa shape index (κ1) is 19.9. The fourth-order valence-corrected chi connectivity index (χ4v) is 2.88. The number of nitrogens with zero attached hydrogens (tertiary/aromatic N) is 5. The SMILES string of the molecule is COC(=O)c1ccc(NC(=O)Cn2cnc3c(nnn3-c3ccc(F)cc3)c2=O)cc1. The van der Waals surface area contributed by atoms with Crippen molar-refractivity contribution < 1.29 is 18.7 Å². The highest BCUT2D eigenvalue weighted by molar-refractivity contribution is 5.93. The van der Waals surface area contributed by atoms with E-state index in [1.54, 1.807) is 12.1 Å². The fraction of sp³-hybridized carbons (Fsp3) is 0.100. The topological polar surface area (TPSA) is 121 Å². The minimum atomic E-state index is -0.547. The molecule has 10 nitrogen and oxygen atoms in total. The summed E-state index contributed by atoms with van der Waals surface area (Å²) in [6.07, 6.45) is 1.22. The van der Waals surface area contributed by atoms with E-state index in [0.717, 1.165) is 4.57 Å². The lowest BCUT2D eigenvalue weighted by molar-refractivity contribution is -0.116. The van der Waals surface area contributed by atoms with Crippen LogP contribution in [0.25, 0.3) is 16.9 Å². The molecule has 0 saturated heterocycles. The summed E-state index contributed by atoms with van der Waals surface area (Å²) in [5, 5.41) is 10.4. The van der Waals surface area contributed by atoms with Gasteiger partial charge in [-0.1, -0.05) is 5.21 Å². The number of halogens is 1. The number of aromatic nitrogens is 5. The van der Waals surface area contributed by atoms with E-state index in [9.17, 15) is 18.8 Å². The second-order valence-corrected chi connectivity index (χ2v) is 6.44. The van der Waals surface area contributed by atoms with E-state index in [1.165, 1.54) is 54.5 Å². The van der Waals surface area contributed by atoms with Crippen LogP contribution in [0.1, 0.15) is 10.4 Å². The molecule has 31 heavy (non-hydrogen) atoms. The van der Waals surface area contributed by atoms with Crippen molar-refractivity contribution in [1.29, 1.82) is 0 Å². The van der Waals surface area contributed by atoms with Gasteiger partial charge in [0.15, 0.2) is 11.2 Å². The Morgan fingerprint density at radius 3 is 2.48 bits per heavy atom. The van der Waals surface area contributed by atoms with Crippen molar-refractivity contribution in [3.8, 4) is 5.69 Å². The number of methoxy groups -OCH3 is 1. The Labute approximate surface area is 173 Å². The molecule has 4 rings (SSSR count). The molecule has 0 aliphatic carbocycles. The quantitative estimate of drug-likeness (QED) is 0.484. The number of nitrogens with one attached hydrogen (secondary N) is 1. The van der Waals surface area contributed by atoms with Crippen molar-refractivity contribution in [1.82, 2.24) is 24.5 Å². The fourth-order valence-electron chi connectivity index (χ4n) is 2.88. The first-order valence-electron chi connectivity index (χ1n) is 9.01. The number of carbonyl (C=O) groups is 2. The van der Waals surface area contributed by atoms with Crippen LogP contribution in [-0.4, -0.2) is 43.5 Å². The lowest BCUT2D eigenvalue weighted by Gasteiger charge is -2.08. The molecule has 2 aromatic carbocycles. The van der Waals surface area contributed by atoms with Crippen molar-refractivity contribution in [2.45, 2.75) is 6.54 Å². The average Bonchev–Trinajstić information content (AvgIpc) is 3.21. The second-order valence-electron chi connectivity index (χ2n) is 6.44. The summed E-state index contributed by atoms with van der Waals surface area (Å²) >= 11 is 0. The van der Waals surface area contributed by atoms with Crippen LogP contribution in [0.15, 0.2) is 59.7 Å². The summed E-state index contributed by atoms with van der Waals surface area (Å²) in [7, 11) is 1.28. The largest absolute Gasteiger partial charge is 0.465 e. The maximum atomic E-state index is 13.1. The third-order valence-electron chi connectivity index (χ3n) is 4.40. The number of benzene rings is 2. The van der Waals surface area contributed by atoms with Crippen LogP contribution in [0.3, 0.4) is 0 Å². The van der Waals surface area contributed by atoms with E-state index < -0.39 is 23.3 Å². The zero-order valence-corrected chi connectivity index (χ0v) is 16.2. The molecule has 11 heteroatoms. The first-order chi connectivity index (χ1) is 15.0. The van der Waals surface area contributed by atoms with Gasteiger partial charge in [0.1, 0.15) is 18.7 Å². The Morgan fingerprint density at radius 2 is 1.81 bits per heavy atom. The number of hydrogen-bond acceptors (Lipinski definition) is 7. The van der Waals surface area contributed by atoms with Crippen LogP contribution >= 0.6 is 0 Å². The molecule has 2 heterocycles. The van der Waals surface area contributed by atoms with Gasteiger partial charge >= 0.3 is 5.97 Å². The third kappa shape index (κ3) is 4.01. The molecular formula is C20H15FN6O4. The summed E-state index contributed by atoms with van der Waals surface area (Å²) in [6, 6.07) is 11.6.